The van der Waals surface area contributed by atoms with Crippen LogP contribution in [0.2, 0.25) is 0 Å². The van der Waals surface area contributed by atoms with Gasteiger partial charge in [-0.2, -0.15) is 0 Å². The Balaban J connectivity index is 1.86. The minimum atomic E-state index is 0.769. The van der Waals surface area contributed by atoms with Crippen LogP contribution in [0.5, 0.6) is 0 Å². The van der Waals surface area contributed by atoms with Crippen LogP contribution in [0.3, 0.4) is 0 Å². The van der Waals surface area contributed by atoms with Crippen LogP contribution in [0.1, 0.15) is 129 Å². The Morgan fingerprint density at radius 1 is 0.636 bits per heavy atom. The van der Waals surface area contributed by atoms with Crippen molar-refractivity contribution in [3.63, 3.8) is 0 Å². The first-order chi connectivity index (χ1) is 10.9. The molecule has 0 saturated heterocycles. The second-order valence-electron chi connectivity index (χ2n) is 8.48. The van der Waals surface area contributed by atoms with Crippen molar-refractivity contribution < 1.29 is 0 Å². The molecule has 2 aliphatic rings. The molecule has 2 rings (SSSR count). The monoisotopic (exact) mass is 306 g/mol. The van der Waals surface area contributed by atoms with Crippen LogP contribution in [0.15, 0.2) is 0 Å². The lowest BCUT2D eigenvalue weighted by molar-refractivity contribution is 0.0978. The van der Waals surface area contributed by atoms with Gasteiger partial charge in [0.1, 0.15) is 0 Å². The van der Waals surface area contributed by atoms with Crippen LogP contribution in [0.4, 0.5) is 0 Å². The summed E-state index contributed by atoms with van der Waals surface area (Å²) in [6, 6.07) is 0. The van der Waals surface area contributed by atoms with E-state index in [0.717, 1.165) is 11.3 Å². The van der Waals surface area contributed by atoms with E-state index in [1.807, 2.05) is 0 Å². The average molecular weight is 307 g/mol. The zero-order valence-electron chi connectivity index (χ0n) is 15.5. The van der Waals surface area contributed by atoms with E-state index in [-0.39, 0.29) is 0 Å². The molecule has 0 aromatic carbocycles. The smallest absolute Gasteiger partial charge is 0.0269 e. The van der Waals surface area contributed by atoms with Gasteiger partial charge in [0, 0.05) is 0 Å². The zero-order chi connectivity index (χ0) is 15.5. The van der Waals surface area contributed by atoms with E-state index in [1.165, 1.54) is 89.9 Å². The van der Waals surface area contributed by atoms with E-state index in [0.29, 0.717) is 0 Å². The summed E-state index contributed by atoms with van der Waals surface area (Å²) >= 11 is 0. The molecule has 0 aromatic rings. The molecule has 2 saturated carbocycles. The largest absolute Gasteiger partial charge is 0.0654 e. The van der Waals surface area contributed by atoms with Crippen molar-refractivity contribution in [2.45, 2.75) is 129 Å². The Labute approximate surface area is 140 Å². The molecule has 130 valence electrons. The van der Waals surface area contributed by atoms with Crippen molar-refractivity contribution in [3.8, 4) is 0 Å². The third kappa shape index (κ3) is 5.89. The lowest BCUT2D eigenvalue weighted by Gasteiger charge is -2.41. The van der Waals surface area contributed by atoms with Crippen LogP contribution in [-0.2, 0) is 0 Å². The molecule has 2 aliphatic carbocycles. The molecule has 2 fully saturated rings. The van der Waals surface area contributed by atoms with Crippen LogP contribution in [0, 0.1) is 11.3 Å². The molecule has 0 atom stereocenters. The number of rotatable bonds is 8. The third-order valence-electron chi connectivity index (χ3n) is 6.85. The Kier molecular flexibility index (Phi) is 8.93. The highest BCUT2D eigenvalue weighted by Crippen LogP contribution is 2.50. The van der Waals surface area contributed by atoms with Crippen molar-refractivity contribution in [3.05, 3.63) is 0 Å². The van der Waals surface area contributed by atoms with Gasteiger partial charge in [0.25, 0.3) is 0 Å². The molecule has 0 heteroatoms. The van der Waals surface area contributed by atoms with Gasteiger partial charge in [0.05, 0.1) is 0 Å². The van der Waals surface area contributed by atoms with Crippen molar-refractivity contribution >= 4 is 0 Å². The van der Waals surface area contributed by atoms with Gasteiger partial charge in [0.15, 0.2) is 0 Å². The summed E-state index contributed by atoms with van der Waals surface area (Å²) in [6.45, 7) is 2.33. The standard InChI is InChI=1S/C22H42/c1-2-3-4-5-8-13-18-22(19-14-9-10-15-20-22)21-16-11-6-7-12-17-21/h21H,2-20H2,1H3. The Hall–Kier alpha value is 0. The van der Waals surface area contributed by atoms with Gasteiger partial charge in [-0.25, -0.2) is 0 Å². The summed E-state index contributed by atoms with van der Waals surface area (Å²) in [7, 11) is 0. The van der Waals surface area contributed by atoms with E-state index in [4.69, 9.17) is 0 Å². The quantitative estimate of drug-likeness (QED) is 0.314. The third-order valence-corrected chi connectivity index (χ3v) is 6.85. The maximum atomic E-state index is 2.33. The molecule has 0 heterocycles. The Bertz CT molecular complexity index is 251. The molecule has 0 bridgehead atoms. The summed E-state index contributed by atoms with van der Waals surface area (Å²) in [5, 5.41) is 0. The molecule has 0 radical (unpaired) electrons. The van der Waals surface area contributed by atoms with Gasteiger partial charge in [0.2, 0.25) is 0 Å². The normalized spacial score (nSPS) is 23.9. The summed E-state index contributed by atoms with van der Waals surface area (Å²) < 4.78 is 0. The molecule has 0 spiro atoms. The highest BCUT2D eigenvalue weighted by atomic mass is 14.4. The minimum Gasteiger partial charge on any atom is -0.0654 e. The van der Waals surface area contributed by atoms with E-state index >= 15 is 0 Å². The Morgan fingerprint density at radius 2 is 1.18 bits per heavy atom. The summed E-state index contributed by atoms with van der Waals surface area (Å²) in [4.78, 5) is 0. The highest BCUT2D eigenvalue weighted by molar-refractivity contribution is 4.89. The van der Waals surface area contributed by atoms with E-state index < -0.39 is 0 Å². The predicted octanol–water partition coefficient (Wildman–Crippen LogP) is 8.05. The zero-order valence-corrected chi connectivity index (χ0v) is 15.5. The van der Waals surface area contributed by atoms with Crippen molar-refractivity contribution in [2.75, 3.05) is 0 Å². The van der Waals surface area contributed by atoms with Gasteiger partial charge in [-0.15, -0.1) is 0 Å². The summed E-state index contributed by atoms with van der Waals surface area (Å²) in [5.74, 6) is 1.09. The first kappa shape index (κ1) is 18.3. The van der Waals surface area contributed by atoms with Crippen molar-refractivity contribution in [2.24, 2.45) is 11.3 Å². The fourth-order valence-corrected chi connectivity index (χ4v) is 5.44. The van der Waals surface area contributed by atoms with Crippen molar-refractivity contribution in [1.29, 1.82) is 0 Å². The topological polar surface area (TPSA) is 0 Å². The first-order valence-electron chi connectivity index (χ1n) is 10.9. The first-order valence-corrected chi connectivity index (χ1v) is 10.9. The van der Waals surface area contributed by atoms with E-state index in [1.54, 1.807) is 32.1 Å². The minimum absolute atomic E-state index is 0.769. The molecule has 0 nitrogen and oxygen atoms in total. The molecule has 0 aliphatic heterocycles. The fraction of sp³-hybridized carbons (Fsp3) is 1.00. The van der Waals surface area contributed by atoms with Gasteiger partial charge in [-0.05, 0) is 43.4 Å². The van der Waals surface area contributed by atoms with Crippen molar-refractivity contribution in [1.82, 2.24) is 0 Å². The maximum absolute atomic E-state index is 2.33. The SMILES string of the molecule is CCCCCCCCC1(C2CCCCCC2)CCCCCC1. The average Bonchev–Trinajstić information content (AvgIpc) is 2.94. The predicted molar refractivity (Wildman–Crippen MR) is 99.3 cm³/mol. The summed E-state index contributed by atoms with van der Waals surface area (Å²) in [6.07, 6.45) is 28.9. The van der Waals surface area contributed by atoms with Crippen LogP contribution < -0.4 is 0 Å². The maximum Gasteiger partial charge on any atom is -0.0269 e. The molecule has 0 N–H and O–H groups in total. The Morgan fingerprint density at radius 3 is 1.82 bits per heavy atom. The lowest BCUT2D eigenvalue weighted by Crippen LogP contribution is -2.30. The summed E-state index contributed by atoms with van der Waals surface area (Å²) in [5.41, 5.74) is 0.769. The number of hydrogen-bond acceptors (Lipinski definition) is 0. The second-order valence-corrected chi connectivity index (χ2v) is 8.48. The molecular weight excluding hydrogens is 264 g/mol. The van der Waals surface area contributed by atoms with Crippen LogP contribution >= 0.6 is 0 Å². The highest BCUT2D eigenvalue weighted by Gasteiger charge is 2.37. The van der Waals surface area contributed by atoms with Gasteiger partial charge in [-0.3, -0.25) is 0 Å². The van der Waals surface area contributed by atoms with Gasteiger partial charge in [-0.1, -0.05) is 96.8 Å². The molecule has 22 heavy (non-hydrogen) atoms. The van der Waals surface area contributed by atoms with E-state index in [2.05, 4.69) is 6.92 Å². The molecule has 0 aromatic heterocycles. The fourth-order valence-electron chi connectivity index (χ4n) is 5.44. The number of unbranched alkanes of at least 4 members (excludes halogenated alkanes) is 5. The second kappa shape index (κ2) is 10.7. The lowest BCUT2D eigenvalue weighted by atomic mass is 9.64. The van der Waals surface area contributed by atoms with Crippen LogP contribution in [-0.4, -0.2) is 0 Å². The molecular formula is C22H42. The number of hydrogen-bond donors (Lipinski definition) is 0. The van der Waals surface area contributed by atoms with Gasteiger partial charge >= 0.3 is 0 Å². The molecule has 0 amide bonds. The van der Waals surface area contributed by atoms with E-state index in [9.17, 15) is 0 Å². The van der Waals surface area contributed by atoms with Crippen LogP contribution in [0.25, 0.3) is 0 Å². The van der Waals surface area contributed by atoms with Gasteiger partial charge < -0.3 is 0 Å². The molecule has 0 unspecified atom stereocenters.